The molecule has 66 valence electrons. The third kappa shape index (κ3) is 1.24. The van der Waals surface area contributed by atoms with Crippen molar-refractivity contribution in [3.8, 4) is 6.07 Å². The molecule has 1 heteroatoms. The minimum Gasteiger partial charge on any atom is -0.198 e. The van der Waals surface area contributed by atoms with E-state index in [1.807, 2.05) is 0 Å². The van der Waals surface area contributed by atoms with Crippen LogP contribution in [-0.2, 0) is 0 Å². The summed E-state index contributed by atoms with van der Waals surface area (Å²) in [5, 5.41) is 8.92. The Hall–Kier alpha value is -0.510. The number of rotatable bonds is 1. The first-order chi connectivity index (χ1) is 5.76. The van der Waals surface area contributed by atoms with Gasteiger partial charge in [-0.2, -0.15) is 5.26 Å². The lowest BCUT2D eigenvalue weighted by Gasteiger charge is -2.22. The molecule has 0 heterocycles. The maximum Gasteiger partial charge on any atom is 0.0689 e. The van der Waals surface area contributed by atoms with Crippen molar-refractivity contribution in [2.75, 3.05) is 0 Å². The molecule has 0 aromatic carbocycles. The van der Waals surface area contributed by atoms with Gasteiger partial charge in [0.15, 0.2) is 0 Å². The normalized spacial score (nSPS) is 42.2. The van der Waals surface area contributed by atoms with Crippen molar-refractivity contribution in [2.24, 2.45) is 17.3 Å². The Bertz CT molecular complexity index is 210. The standard InChI is InChI=1S/C11H17N/c1-11(8-12)7-10(11)9-5-3-2-4-6-9/h9-10H,2-7H2,1H3. The van der Waals surface area contributed by atoms with Crippen molar-refractivity contribution in [2.45, 2.75) is 45.4 Å². The topological polar surface area (TPSA) is 23.8 Å². The van der Waals surface area contributed by atoms with Crippen molar-refractivity contribution in [1.82, 2.24) is 0 Å². The molecule has 0 spiro atoms. The largest absolute Gasteiger partial charge is 0.198 e. The summed E-state index contributed by atoms with van der Waals surface area (Å²) in [6.07, 6.45) is 8.19. The van der Waals surface area contributed by atoms with E-state index in [0.717, 1.165) is 11.8 Å². The lowest BCUT2D eigenvalue weighted by atomic mass is 9.83. The second kappa shape index (κ2) is 2.76. The summed E-state index contributed by atoms with van der Waals surface area (Å²) < 4.78 is 0. The molecule has 0 amide bonds. The van der Waals surface area contributed by atoms with Crippen LogP contribution in [0.2, 0.25) is 0 Å². The molecule has 0 saturated heterocycles. The quantitative estimate of drug-likeness (QED) is 0.582. The van der Waals surface area contributed by atoms with Crippen LogP contribution in [0.15, 0.2) is 0 Å². The molecule has 0 bridgehead atoms. The Balaban J connectivity index is 1.91. The van der Waals surface area contributed by atoms with Crippen LogP contribution >= 0.6 is 0 Å². The van der Waals surface area contributed by atoms with Crippen LogP contribution in [0.1, 0.15) is 45.4 Å². The average Bonchev–Trinajstić information content (AvgIpc) is 2.81. The van der Waals surface area contributed by atoms with E-state index in [4.69, 9.17) is 5.26 Å². The first kappa shape index (κ1) is 8.10. The molecular formula is C11H17N. The molecule has 2 saturated carbocycles. The van der Waals surface area contributed by atoms with E-state index in [9.17, 15) is 0 Å². The van der Waals surface area contributed by atoms with Gasteiger partial charge in [0, 0.05) is 0 Å². The van der Waals surface area contributed by atoms with Gasteiger partial charge in [0.2, 0.25) is 0 Å². The Morgan fingerprint density at radius 1 is 1.25 bits per heavy atom. The maximum absolute atomic E-state index is 8.92. The third-order valence-corrected chi connectivity index (χ3v) is 3.78. The van der Waals surface area contributed by atoms with Crippen LogP contribution in [0.3, 0.4) is 0 Å². The van der Waals surface area contributed by atoms with Crippen molar-refractivity contribution in [3.05, 3.63) is 0 Å². The predicted molar refractivity (Wildman–Crippen MR) is 48.4 cm³/mol. The number of hydrogen-bond acceptors (Lipinski definition) is 1. The van der Waals surface area contributed by atoms with Gasteiger partial charge in [-0.05, 0) is 25.2 Å². The minimum absolute atomic E-state index is 0.0714. The van der Waals surface area contributed by atoms with Gasteiger partial charge in [0.25, 0.3) is 0 Å². The van der Waals surface area contributed by atoms with E-state index < -0.39 is 0 Å². The molecule has 1 nitrogen and oxygen atoms in total. The van der Waals surface area contributed by atoms with E-state index in [0.29, 0.717) is 0 Å². The van der Waals surface area contributed by atoms with Gasteiger partial charge in [-0.15, -0.1) is 0 Å². The van der Waals surface area contributed by atoms with Crippen molar-refractivity contribution < 1.29 is 0 Å². The highest BCUT2D eigenvalue weighted by Gasteiger charge is 2.54. The molecule has 0 aromatic heterocycles. The SMILES string of the molecule is CC1(C#N)CC1C1CCCCC1. The molecule has 0 aliphatic heterocycles. The number of nitrogens with zero attached hydrogens (tertiary/aromatic N) is 1. The van der Waals surface area contributed by atoms with Gasteiger partial charge < -0.3 is 0 Å². The summed E-state index contributed by atoms with van der Waals surface area (Å²) in [6, 6.07) is 2.46. The van der Waals surface area contributed by atoms with Gasteiger partial charge in [-0.3, -0.25) is 0 Å². The Labute approximate surface area is 74.8 Å². The van der Waals surface area contributed by atoms with Gasteiger partial charge >= 0.3 is 0 Å². The van der Waals surface area contributed by atoms with E-state index in [1.165, 1.54) is 38.5 Å². The highest BCUT2D eigenvalue weighted by molar-refractivity contribution is 5.14. The average molecular weight is 163 g/mol. The van der Waals surface area contributed by atoms with Crippen LogP contribution < -0.4 is 0 Å². The van der Waals surface area contributed by atoms with Gasteiger partial charge in [-0.25, -0.2) is 0 Å². The summed E-state index contributed by atoms with van der Waals surface area (Å²) in [7, 11) is 0. The summed E-state index contributed by atoms with van der Waals surface area (Å²) in [5.41, 5.74) is 0.0714. The highest BCUT2D eigenvalue weighted by atomic mass is 14.6. The fraction of sp³-hybridized carbons (Fsp3) is 0.909. The van der Waals surface area contributed by atoms with E-state index in [1.54, 1.807) is 0 Å². The van der Waals surface area contributed by atoms with Crippen molar-refractivity contribution in [3.63, 3.8) is 0 Å². The molecule has 0 N–H and O–H groups in total. The zero-order valence-corrected chi connectivity index (χ0v) is 7.84. The minimum atomic E-state index is 0.0714. The Morgan fingerprint density at radius 3 is 2.42 bits per heavy atom. The first-order valence-electron chi connectivity index (χ1n) is 5.17. The Morgan fingerprint density at radius 2 is 1.92 bits per heavy atom. The summed E-state index contributed by atoms with van der Waals surface area (Å²) in [4.78, 5) is 0. The van der Waals surface area contributed by atoms with E-state index >= 15 is 0 Å². The van der Waals surface area contributed by atoms with Gasteiger partial charge in [0.1, 0.15) is 0 Å². The zero-order chi connectivity index (χ0) is 8.60. The summed E-state index contributed by atoms with van der Waals surface area (Å²) >= 11 is 0. The van der Waals surface area contributed by atoms with Crippen LogP contribution in [0.25, 0.3) is 0 Å². The number of hydrogen-bond donors (Lipinski definition) is 0. The summed E-state index contributed by atoms with van der Waals surface area (Å²) in [6.45, 7) is 2.13. The highest BCUT2D eigenvalue weighted by Crippen LogP contribution is 2.58. The van der Waals surface area contributed by atoms with Crippen LogP contribution in [0.5, 0.6) is 0 Å². The van der Waals surface area contributed by atoms with Gasteiger partial charge in [-0.1, -0.05) is 32.1 Å². The molecule has 2 rings (SSSR count). The third-order valence-electron chi connectivity index (χ3n) is 3.78. The fourth-order valence-electron chi connectivity index (χ4n) is 2.75. The van der Waals surface area contributed by atoms with E-state index in [2.05, 4.69) is 13.0 Å². The molecular weight excluding hydrogens is 146 g/mol. The molecule has 0 aromatic rings. The molecule has 2 atom stereocenters. The lowest BCUT2D eigenvalue weighted by Crippen LogP contribution is -2.11. The maximum atomic E-state index is 8.92. The monoisotopic (exact) mass is 163 g/mol. The molecule has 2 unspecified atom stereocenters. The van der Waals surface area contributed by atoms with E-state index in [-0.39, 0.29) is 5.41 Å². The zero-order valence-electron chi connectivity index (χ0n) is 7.84. The molecule has 2 fully saturated rings. The second-order valence-electron chi connectivity index (χ2n) is 4.74. The first-order valence-corrected chi connectivity index (χ1v) is 5.17. The smallest absolute Gasteiger partial charge is 0.0689 e. The van der Waals surface area contributed by atoms with Crippen LogP contribution in [0.4, 0.5) is 0 Å². The van der Waals surface area contributed by atoms with Gasteiger partial charge in [0.05, 0.1) is 11.5 Å². The molecule has 2 aliphatic rings. The second-order valence-corrected chi connectivity index (χ2v) is 4.74. The fourth-order valence-corrected chi connectivity index (χ4v) is 2.75. The molecule has 0 radical (unpaired) electrons. The van der Waals surface area contributed by atoms with Crippen molar-refractivity contribution in [1.29, 1.82) is 5.26 Å². The number of nitriles is 1. The molecule has 2 aliphatic carbocycles. The van der Waals surface area contributed by atoms with Crippen LogP contribution in [-0.4, -0.2) is 0 Å². The lowest BCUT2D eigenvalue weighted by molar-refractivity contribution is 0.301. The molecule has 12 heavy (non-hydrogen) atoms. The Kier molecular flexibility index (Phi) is 1.87. The van der Waals surface area contributed by atoms with Crippen molar-refractivity contribution >= 4 is 0 Å². The predicted octanol–water partition coefficient (Wildman–Crippen LogP) is 3.12. The summed E-state index contributed by atoms with van der Waals surface area (Å²) in [5.74, 6) is 1.64. The van der Waals surface area contributed by atoms with Crippen LogP contribution in [0, 0.1) is 28.6 Å².